The van der Waals surface area contributed by atoms with E-state index in [1.165, 1.54) is 12.1 Å². The van der Waals surface area contributed by atoms with Crippen molar-refractivity contribution in [1.82, 2.24) is 0 Å². The van der Waals surface area contributed by atoms with Crippen LogP contribution in [0.1, 0.15) is 36.5 Å². The van der Waals surface area contributed by atoms with Crippen molar-refractivity contribution < 1.29 is 32.2 Å². The molecule has 0 heterocycles. The number of aryl methyl sites for hydroxylation is 1. The topological polar surface area (TPSA) is 64.6 Å². The van der Waals surface area contributed by atoms with E-state index in [1.54, 1.807) is 12.1 Å². The largest absolute Gasteiger partial charge is 0.482 e. The standard InChI is InChI=1S/C21H22F3NO4/c1-13(2)16-9-8-15(10-14(16)3)28-12-20(27)29-11-19(26)25-18-7-5-4-6-17(18)21(22,23)24/h4-10,13H,11-12H2,1-3H3,(H,25,26). The first-order valence-electron chi connectivity index (χ1n) is 8.93. The van der Waals surface area contributed by atoms with Gasteiger partial charge in [0.05, 0.1) is 11.3 Å². The van der Waals surface area contributed by atoms with Crippen LogP contribution in [0.3, 0.4) is 0 Å². The van der Waals surface area contributed by atoms with Crippen molar-refractivity contribution in [3.8, 4) is 5.75 Å². The van der Waals surface area contributed by atoms with Crippen molar-refractivity contribution in [2.45, 2.75) is 32.9 Å². The van der Waals surface area contributed by atoms with Crippen LogP contribution in [0.4, 0.5) is 18.9 Å². The van der Waals surface area contributed by atoms with Gasteiger partial charge >= 0.3 is 12.1 Å². The third-order valence-corrected chi connectivity index (χ3v) is 4.09. The Hall–Kier alpha value is -3.03. The molecule has 0 radical (unpaired) electrons. The smallest absolute Gasteiger partial charge is 0.418 e. The quantitative estimate of drug-likeness (QED) is 0.674. The Balaban J connectivity index is 1.84. The van der Waals surface area contributed by atoms with Gasteiger partial charge in [0.25, 0.3) is 5.91 Å². The highest BCUT2D eigenvalue weighted by atomic mass is 19.4. The van der Waals surface area contributed by atoms with Crippen molar-refractivity contribution in [3.63, 3.8) is 0 Å². The average molecular weight is 409 g/mol. The molecular formula is C21H22F3NO4. The molecule has 0 aromatic heterocycles. The number of benzene rings is 2. The first kappa shape index (κ1) is 22.3. The van der Waals surface area contributed by atoms with Gasteiger partial charge in [-0.3, -0.25) is 4.79 Å². The highest BCUT2D eigenvalue weighted by molar-refractivity contribution is 5.93. The average Bonchev–Trinajstić information content (AvgIpc) is 2.64. The molecular weight excluding hydrogens is 387 g/mol. The van der Waals surface area contributed by atoms with Gasteiger partial charge in [-0.15, -0.1) is 0 Å². The molecule has 2 rings (SSSR count). The van der Waals surface area contributed by atoms with Crippen LogP contribution < -0.4 is 10.1 Å². The van der Waals surface area contributed by atoms with Gasteiger partial charge in [0.1, 0.15) is 5.75 Å². The SMILES string of the molecule is Cc1cc(OCC(=O)OCC(=O)Nc2ccccc2C(F)(F)F)ccc1C(C)C. The number of amides is 1. The number of ether oxygens (including phenoxy) is 2. The highest BCUT2D eigenvalue weighted by Crippen LogP contribution is 2.34. The number of rotatable bonds is 7. The molecule has 0 fully saturated rings. The van der Waals surface area contributed by atoms with Gasteiger partial charge in [0.2, 0.25) is 0 Å². The zero-order chi connectivity index (χ0) is 21.6. The first-order chi connectivity index (χ1) is 13.6. The van der Waals surface area contributed by atoms with E-state index in [9.17, 15) is 22.8 Å². The summed E-state index contributed by atoms with van der Waals surface area (Å²) in [6.07, 6.45) is -4.61. The Labute approximate surface area is 166 Å². The summed E-state index contributed by atoms with van der Waals surface area (Å²) in [6.45, 7) is 4.92. The maximum absolute atomic E-state index is 12.9. The van der Waals surface area contributed by atoms with Crippen LogP contribution in [0, 0.1) is 6.92 Å². The van der Waals surface area contributed by atoms with E-state index < -0.39 is 42.5 Å². The molecule has 0 spiro atoms. The van der Waals surface area contributed by atoms with Gasteiger partial charge in [-0.1, -0.05) is 32.0 Å². The number of carbonyl (C=O) groups excluding carboxylic acids is 2. The van der Waals surface area contributed by atoms with Gasteiger partial charge in [0.15, 0.2) is 13.2 Å². The number of esters is 1. The number of anilines is 1. The molecule has 8 heteroatoms. The first-order valence-corrected chi connectivity index (χ1v) is 8.93. The van der Waals surface area contributed by atoms with Crippen LogP contribution in [-0.2, 0) is 20.5 Å². The minimum Gasteiger partial charge on any atom is -0.482 e. The van der Waals surface area contributed by atoms with E-state index in [2.05, 4.69) is 19.2 Å². The summed E-state index contributed by atoms with van der Waals surface area (Å²) in [5.41, 5.74) is 0.797. The van der Waals surface area contributed by atoms with E-state index in [4.69, 9.17) is 9.47 Å². The maximum Gasteiger partial charge on any atom is 0.418 e. The van der Waals surface area contributed by atoms with E-state index in [0.29, 0.717) is 11.7 Å². The Morgan fingerprint density at radius 1 is 1.07 bits per heavy atom. The molecule has 2 aromatic rings. The minimum atomic E-state index is -4.61. The highest BCUT2D eigenvalue weighted by Gasteiger charge is 2.33. The minimum absolute atomic E-state index is 0.356. The summed E-state index contributed by atoms with van der Waals surface area (Å²) in [5.74, 6) is -0.857. The summed E-state index contributed by atoms with van der Waals surface area (Å²) in [6, 6.07) is 9.98. The lowest BCUT2D eigenvalue weighted by molar-refractivity contribution is -0.149. The lowest BCUT2D eigenvalue weighted by atomic mass is 9.98. The van der Waals surface area contributed by atoms with Crippen LogP contribution in [-0.4, -0.2) is 25.1 Å². The van der Waals surface area contributed by atoms with Crippen molar-refractivity contribution in [2.24, 2.45) is 0 Å². The molecule has 0 aliphatic carbocycles. The van der Waals surface area contributed by atoms with Crippen LogP contribution >= 0.6 is 0 Å². The Morgan fingerprint density at radius 2 is 1.76 bits per heavy atom. The zero-order valence-corrected chi connectivity index (χ0v) is 16.3. The van der Waals surface area contributed by atoms with Gasteiger partial charge in [-0.05, 0) is 48.2 Å². The molecule has 1 amide bonds. The predicted octanol–water partition coefficient (Wildman–Crippen LogP) is 4.70. The van der Waals surface area contributed by atoms with Crippen molar-refractivity contribution in [1.29, 1.82) is 0 Å². The molecule has 29 heavy (non-hydrogen) atoms. The lowest BCUT2D eigenvalue weighted by Crippen LogP contribution is -2.24. The van der Waals surface area contributed by atoms with E-state index in [0.717, 1.165) is 23.3 Å². The van der Waals surface area contributed by atoms with Gasteiger partial charge in [-0.2, -0.15) is 13.2 Å². The maximum atomic E-state index is 12.9. The second-order valence-corrected chi connectivity index (χ2v) is 6.71. The Kier molecular flexibility index (Phi) is 7.25. The fraction of sp³-hybridized carbons (Fsp3) is 0.333. The van der Waals surface area contributed by atoms with E-state index in [-0.39, 0.29) is 0 Å². The molecule has 0 saturated carbocycles. The summed E-state index contributed by atoms with van der Waals surface area (Å²) < 4.78 is 48.9. The summed E-state index contributed by atoms with van der Waals surface area (Å²) in [7, 11) is 0. The van der Waals surface area contributed by atoms with E-state index >= 15 is 0 Å². The molecule has 5 nitrogen and oxygen atoms in total. The summed E-state index contributed by atoms with van der Waals surface area (Å²) in [4.78, 5) is 23.6. The third kappa shape index (κ3) is 6.51. The fourth-order valence-electron chi connectivity index (χ4n) is 2.74. The summed E-state index contributed by atoms with van der Waals surface area (Å²) >= 11 is 0. The number of hydrogen-bond donors (Lipinski definition) is 1. The van der Waals surface area contributed by atoms with Gasteiger partial charge in [0, 0.05) is 0 Å². The van der Waals surface area contributed by atoms with Crippen LogP contribution in [0.2, 0.25) is 0 Å². The molecule has 0 unspecified atom stereocenters. The van der Waals surface area contributed by atoms with Crippen LogP contribution in [0.25, 0.3) is 0 Å². The third-order valence-electron chi connectivity index (χ3n) is 4.09. The number of hydrogen-bond acceptors (Lipinski definition) is 4. The van der Waals surface area contributed by atoms with Crippen molar-refractivity contribution >= 4 is 17.6 Å². The molecule has 0 bridgehead atoms. The molecule has 0 atom stereocenters. The number of alkyl halides is 3. The Bertz CT molecular complexity index is 878. The Morgan fingerprint density at radius 3 is 2.38 bits per heavy atom. The number of carbonyl (C=O) groups is 2. The zero-order valence-electron chi connectivity index (χ0n) is 16.3. The van der Waals surface area contributed by atoms with Gasteiger partial charge in [-0.25, -0.2) is 4.79 Å². The normalized spacial score (nSPS) is 11.3. The number of para-hydroxylation sites is 1. The molecule has 0 aliphatic rings. The molecule has 0 saturated heterocycles. The predicted molar refractivity (Wildman–Crippen MR) is 102 cm³/mol. The summed E-state index contributed by atoms with van der Waals surface area (Å²) in [5, 5.41) is 2.09. The van der Waals surface area contributed by atoms with Crippen LogP contribution in [0.15, 0.2) is 42.5 Å². The number of nitrogens with one attached hydrogen (secondary N) is 1. The molecule has 1 N–H and O–H groups in total. The van der Waals surface area contributed by atoms with Gasteiger partial charge < -0.3 is 14.8 Å². The van der Waals surface area contributed by atoms with Crippen molar-refractivity contribution in [2.75, 3.05) is 18.5 Å². The number of halogens is 3. The lowest BCUT2D eigenvalue weighted by Gasteiger charge is -2.14. The monoisotopic (exact) mass is 409 g/mol. The molecule has 2 aromatic carbocycles. The second kappa shape index (κ2) is 9.45. The van der Waals surface area contributed by atoms with Crippen LogP contribution in [0.5, 0.6) is 5.75 Å². The van der Waals surface area contributed by atoms with Crippen molar-refractivity contribution in [3.05, 3.63) is 59.2 Å². The fourth-order valence-corrected chi connectivity index (χ4v) is 2.74. The van der Waals surface area contributed by atoms with E-state index in [1.807, 2.05) is 13.0 Å². The molecule has 156 valence electrons. The molecule has 0 aliphatic heterocycles. The second-order valence-electron chi connectivity index (χ2n) is 6.71.